The topological polar surface area (TPSA) is 88.8 Å². The van der Waals surface area contributed by atoms with Crippen LogP contribution in [0.1, 0.15) is 24.4 Å². The van der Waals surface area contributed by atoms with Crippen LogP contribution >= 0.6 is 0 Å². The van der Waals surface area contributed by atoms with Gasteiger partial charge in [0.25, 0.3) is 0 Å². The summed E-state index contributed by atoms with van der Waals surface area (Å²) in [4.78, 5) is 22.4. The molecule has 0 atom stereocenters. The predicted molar refractivity (Wildman–Crippen MR) is 72.9 cm³/mol. The van der Waals surface area contributed by atoms with Crippen LogP contribution in [-0.2, 0) is 9.53 Å². The molecule has 6 heteroatoms. The Bertz CT molecular complexity index is 644. The zero-order chi connectivity index (χ0) is 14.7. The zero-order valence-corrected chi connectivity index (χ0v) is 11.2. The Kier molecular flexibility index (Phi) is 4.05. The SMILES string of the molecule is CC(C)OCC(=O)Nc1ccc2oc(C(=O)O)cc2c1. The number of anilines is 1. The number of furan rings is 1. The molecule has 0 fully saturated rings. The molecule has 106 valence electrons. The van der Waals surface area contributed by atoms with Crippen LogP contribution in [0.5, 0.6) is 0 Å². The van der Waals surface area contributed by atoms with E-state index in [0.29, 0.717) is 16.7 Å². The van der Waals surface area contributed by atoms with Crippen LogP contribution in [0.4, 0.5) is 5.69 Å². The molecule has 2 aromatic rings. The third kappa shape index (κ3) is 3.36. The molecule has 2 rings (SSSR count). The van der Waals surface area contributed by atoms with Gasteiger partial charge in [-0.05, 0) is 38.1 Å². The minimum Gasteiger partial charge on any atom is -0.475 e. The Balaban J connectivity index is 2.11. The van der Waals surface area contributed by atoms with Gasteiger partial charge < -0.3 is 19.6 Å². The van der Waals surface area contributed by atoms with E-state index in [9.17, 15) is 9.59 Å². The zero-order valence-electron chi connectivity index (χ0n) is 11.2. The first-order chi connectivity index (χ1) is 9.45. The van der Waals surface area contributed by atoms with E-state index in [4.69, 9.17) is 14.3 Å². The number of hydrogen-bond acceptors (Lipinski definition) is 4. The summed E-state index contributed by atoms with van der Waals surface area (Å²) in [7, 11) is 0. The molecule has 0 aliphatic heterocycles. The number of ether oxygens (including phenoxy) is 1. The van der Waals surface area contributed by atoms with Crippen molar-refractivity contribution in [2.75, 3.05) is 11.9 Å². The van der Waals surface area contributed by atoms with Crippen LogP contribution in [0.25, 0.3) is 11.0 Å². The molecule has 0 aliphatic carbocycles. The Morgan fingerprint density at radius 2 is 2.10 bits per heavy atom. The van der Waals surface area contributed by atoms with Crippen molar-refractivity contribution in [3.8, 4) is 0 Å². The van der Waals surface area contributed by atoms with E-state index in [1.165, 1.54) is 6.07 Å². The number of fused-ring (bicyclic) bond motifs is 1. The minimum absolute atomic E-state index is 0.0183. The summed E-state index contributed by atoms with van der Waals surface area (Å²) < 4.78 is 10.3. The maximum absolute atomic E-state index is 11.6. The Hall–Kier alpha value is -2.34. The van der Waals surface area contributed by atoms with Gasteiger partial charge in [0, 0.05) is 11.1 Å². The first-order valence-electron chi connectivity index (χ1n) is 6.14. The van der Waals surface area contributed by atoms with Crippen LogP contribution in [-0.4, -0.2) is 29.7 Å². The molecule has 0 saturated heterocycles. The quantitative estimate of drug-likeness (QED) is 0.876. The number of rotatable bonds is 5. The second-order valence-corrected chi connectivity index (χ2v) is 4.58. The lowest BCUT2D eigenvalue weighted by Crippen LogP contribution is -2.20. The lowest BCUT2D eigenvalue weighted by molar-refractivity contribution is -0.121. The van der Waals surface area contributed by atoms with Gasteiger partial charge in [-0.3, -0.25) is 4.79 Å². The third-order valence-corrected chi connectivity index (χ3v) is 2.56. The minimum atomic E-state index is -1.13. The molecule has 6 nitrogen and oxygen atoms in total. The van der Waals surface area contributed by atoms with Gasteiger partial charge in [-0.2, -0.15) is 0 Å². The first-order valence-corrected chi connectivity index (χ1v) is 6.14. The number of aromatic carboxylic acids is 1. The van der Waals surface area contributed by atoms with Gasteiger partial charge in [0.05, 0.1) is 6.10 Å². The van der Waals surface area contributed by atoms with Crippen LogP contribution < -0.4 is 5.32 Å². The summed E-state index contributed by atoms with van der Waals surface area (Å²) in [5.41, 5.74) is 1.02. The predicted octanol–water partition coefficient (Wildman–Crippen LogP) is 2.49. The van der Waals surface area contributed by atoms with Crippen LogP contribution in [0, 0.1) is 0 Å². The van der Waals surface area contributed by atoms with Gasteiger partial charge in [-0.25, -0.2) is 4.79 Å². The highest BCUT2D eigenvalue weighted by molar-refractivity contribution is 5.96. The van der Waals surface area contributed by atoms with Crippen molar-refractivity contribution in [2.24, 2.45) is 0 Å². The number of amides is 1. The van der Waals surface area contributed by atoms with Gasteiger partial charge in [-0.1, -0.05) is 0 Å². The van der Waals surface area contributed by atoms with E-state index in [1.807, 2.05) is 13.8 Å². The van der Waals surface area contributed by atoms with E-state index in [-0.39, 0.29) is 24.4 Å². The fraction of sp³-hybridized carbons (Fsp3) is 0.286. The van der Waals surface area contributed by atoms with Crippen molar-refractivity contribution in [3.63, 3.8) is 0 Å². The Labute approximate surface area is 115 Å². The van der Waals surface area contributed by atoms with Gasteiger partial charge >= 0.3 is 5.97 Å². The summed E-state index contributed by atoms with van der Waals surface area (Å²) >= 11 is 0. The standard InChI is InChI=1S/C14H15NO5/c1-8(2)19-7-13(16)15-10-3-4-11-9(5-10)6-12(20-11)14(17)18/h3-6,8H,7H2,1-2H3,(H,15,16)(H,17,18). The Morgan fingerprint density at radius 3 is 2.75 bits per heavy atom. The highest BCUT2D eigenvalue weighted by atomic mass is 16.5. The molecule has 20 heavy (non-hydrogen) atoms. The van der Waals surface area contributed by atoms with E-state index in [1.54, 1.807) is 18.2 Å². The number of benzene rings is 1. The molecule has 1 heterocycles. The van der Waals surface area contributed by atoms with Crippen molar-refractivity contribution >= 4 is 28.5 Å². The lowest BCUT2D eigenvalue weighted by atomic mass is 10.2. The highest BCUT2D eigenvalue weighted by Crippen LogP contribution is 2.23. The van der Waals surface area contributed by atoms with Gasteiger partial charge in [0.15, 0.2) is 0 Å². The molecule has 0 radical (unpaired) electrons. The van der Waals surface area contributed by atoms with Crippen molar-refractivity contribution in [2.45, 2.75) is 20.0 Å². The van der Waals surface area contributed by atoms with Crippen molar-refractivity contribution < 1.29 is 23.8 Å². The van der Waals surface area contributed by atoms with Gasteiger partial charge in [0.1, 0.15) is 12.2 Å². The molecule has 0 aliphatic rings. The number of hydrogen-bond donors (Lipinski definition) is 2. The number of carbonyl (C=O) groups excluding carboxylic acids is 1. The maximum atomic E-state index is 11.6. The van der Waals surface area contributed by atoms with Crippen molar-refractivity contribution in [3.05, 3.63) is 30.0 Å². The average molecular weight is 277 g/mol. The second-order valence-electron chi connectivity index (χ2n) is 4.58. The molecule has 1 aromatic carbocycles. The number of carboxylic acid groups (broad SMARTS) is 1. The number of carboxylic acids is 1. The fourth-order valence-corrected chi connectivity index (χ4v) is 1.67. The average Bonchev–Trinajstić information content (AvgIpc) is 2.79. The summed E-state index contributed by atoms with van der Waals surface area (Å²) in [6, 6.07) is 6.32. The van der Waals surface area contributed by atoms with Crippen LogP contribution in [0.2, 0.25) is 0 Å². The molecular weight excluding hydrogens is 262 g/mol. The van der Waals surface area contributed by atoms with Crippen LogP contribution in [0.15, 0.2) is 28.7 Å². The van der Waals surface area contributed by atoms with Crippen molar-refractivity contribution in [1.82, 2.24) is 0 Å². The summed E-state index contributed by atoms with van der Waals surface area (Å²) in [5.74, 6) is -1.52. The normalized spacial score (nSPS) is 10.9. The van der Waals surface area contributed by atoms with Crippen molar-refractivity contribution in [1.29, 1.82) is 0 Å². The highest BCUT2D eigenvalue weighted by Gasteiger charge is 2.11. The summed E-state index contributed by atoms with van der Waals surface area (Å²) in [5, 5.41) is 12.1. The number of nitrogens with one attached hydrogen (secondary N) is 1. The lowest BCUT2D eigenvalue weighted by Gasteiger charge is -2.08. The summed E-state index contributed by atoms with van der Waals surface area (Å²) in [6.07, 6.45) is -0.0183. The smallest absolute Gasteiger partial charge is 0.371 e. The van der Waals surface area contributed by atoms with E-state index >= 15 is 0 Å². The van der Waals surface area contributed by atoms with E-state index < -0.39 is 5.97 Å². The molecule has 1 amide bonds. The molecular formula is C14H15NO5. The molecule has 2 N–H and O–H groups in total. The molecule has 1 aromatic heterocycles. The summed E-state index contributed by atoms with van der Waals surface area (Å²) in [6.45, 7) is 3.66. The monoisotopic (exact) mass is 277 g/mol. The van der Waals surface area contributed by atoms with E-state index in [0.717, 1.165) is 0 Å². The molecule has 0 unspecified atom stereocenters. The Morgan fingerprint density at radius 1 is 1.35 bits per heavy atom. The first kappa shape index (κ1) is 14.1. The third-order valence-electron chi connectivity index (χ3n) is 2.56. The largest absolute Gasteiger partial charge is 0.475 e. The molecule has 0 saturated carbocycles. The number of carbonyl (C=O) groups is 2. The van der Waals surface area contributed by atoms with Crippen LogP contribution in [0.3, 0.4) is 0 Å². The van der Waals surface area contributed by atoms with Gasteiger partial charge in [0.2, 0.25) is 11.7 Å². The molecule has 0 spiro atoms. The van der Waals surface area contributed by atoms with Gasteiger partial charge in [-0.15, -0.1) is 0 Å². The van der Waals surface area contributed by atoms with E-state index in [2.05, 4.69) is 5.32 Å². The maximum Gasteiger partial charge on any atom is 0.371 e. The molecule has 0 bridgehead atoms. The second kappa shape index (κ2) is 5.75. The fourth-order valence-electron chi connectivity index (χ4n) is 1.67.